The number of aryl methyl sites for hydroxylation is 1. The summed E-state index contributed by atoms with van der Waals surface area (Å²) in [5.74, 6) is 5.32. The normalized spacial score (nSPS) is 10.8. The van der Waals surface area contributed by atoms with Crippen LogP contribution in [0.25, 0.3) is 0 Å². The van der Waals surface area contributed by atoms with Crippen LogP contribution in [0, 0.1) is 18.8 Å². The highest BCUT2D eigenvalue weighted by Gasteiger charge is 2.20. The SMILES string of the molecule is CCOC(C)(C)CNC(=O)c1cc(C)c(C#CCO)s1. The van der Waals surface area contributed by atoms with Crippen molar-refractivity contribution in [1.82, 2.24) is 5.32 Å². The number of nitrogens with one attached hydrogen (secondary N) is 1. The summed E-state index contributed by atoms with van der Waals surface area (Å²) < 4.78 is 5.54. The van der Waals surface area contributed by atoms with Crippen LogP contribution in [0.15, 0.2) is 6.07 Å². The molecule has 0 saturated heterocycles. The molecule has 0 spiro atoms. The molecule has 1 aromatic rings. The van der Waals surface area contributed by atoms with Gasteiger partial charge < -0.3 is 15.2 Å². The summed E-state index contributed by atoms with van der Waals surface area (Å²) in [6.07, 6.45) is 0. The molecule has 0 aliphatic carbocycles. The van der Waals surface area contributed by atoms with Crippen molar-refractivity contribution in [2.24, 2.45) is 0 Å². The van der Waals surface area contributed by atoms with Gasteiger partial charge in [-0.25, -0.2) is 0 Å². The molecule has 1 rings (SSSR count). The first-order chi connectivity index (χ1) is 9.39. The first-order valence-corrected chi connectivity index (χ1v) is 7.33. The number of rotatable bonds is 5. The second kappa shape index (κ2) is 7.44. The predicted molar refractivity (Wildman–Crippen MR) is 81.1 cm³/mol. The van der Waals surface area contributed by atoms with Gasteiger partial charge in [0.15, 0.2) is 0 Å². The van der Waals surface area contributed by atoms with Gasteiger partial charge in [0.25, 0.3) is 5.91 Å². The van der Waals surface area contributed by atoms with Crippen molar-refractivity contribution in [1.29, 1.82) is 0 Å². The summed E-state index contributed by atoms with van der Waals surface area (Å²) >= 11 is 1.33. The molecule has 0 unspecified atom stereocenters. The molecule has 5 heteroatoms. The van der Waals surface area contributed by atoms with Gasteiger partial charge in [-0.15, -0.1) is 11.3 Å². The number of carbonyl (C=O) groups excluding carboxylic acids is 1. The first-order valence-electron chi connectivity index (χ1n) is 6.52. The molecule has 0 atom stereocenters. The predicted octanol–water partition coefficient (Wildman–Crippen LogP) is 1.95. The maximum atomic E-state index is 12.1. The third kappa shape index (κ3) is 4.97. The quantitative estimate of drug-likeness (QED) is 0.816. The Morgan fingerprint density at radius 2 is 2.25 bits per heavy atom. The van der Waals surface area contributed by atoms with Crippen LogP contribution in [0.2, 0.25) is 0 Å². The molecule has 110 valence electrons. The van der Waals surface area contributed by atoms with E-state index in [2.05, 4.69) is 17.2 Å². The van der Waals surface area contributed by atoms with E-state index >= 15 is 0 Å². The number of amides is 1. The van der Waals surface area contributed by atoms with Gasteiger partial charge in [-0.2, -0.15) is 0 Å². The van der Waals surface area contributed by atoms with Gasteiger partial charge >= 0.3 is 0 Å². The second-order valence-electron chi connectivity index (χ2n) is 4.96. The topological polar surface area (TPSA) is 58.6 Å². The third-order valence-electron chi connectivity index (χ3n) is 2.63. The van der Waals surface area contributed by atoms with Crippen LogP contribution < -0.4 is 5.32 Å². The Balaban J connectivity index is 2.69. The lowest BCUT2D eigenvalue weighted by molar-refractivity contribution is -0.00812. The van der Waals surface area contributed by atoms with Crippen LogP contribution in [-0.2, 0) is 4.74 Å². The van der Waals surface area contributed by atoms with E-state index in [0.717, 1.165) is 10.4 Å². The largest absolute Gasteiger partial charge is 0.384 e. The zero-order valence-corrected chi connectivity index (χ0v) is 13.2. The third-order valence-corrected chi connectivity index (χ3v) is 3.78. The molecule has 1 aromatic heterocycles. The van der Waals surface area contributed by atoms with Gasteiger partial charge in [0.2, 0.25) is 0 Å². The zero-order chi connectivity index (χ0) is 15.2. The van der Waals surface area contributed by atoms with Crippen LogP contribution in [0.4, 0.5) is 0 Å². The Labute approximate surface area is 124 Å². The average molecular weight is 295 g/mol. The average Bonchev–Trinajstić information content (AvgIpc) is 2.75. The van der Waals surface area contributed by atoms with Gasteiger partial charge in [-0.05, 0) is 39.3 Å². The van der Waals surface area contributed by atoms with E-state index in [4.69, 9.17) is 9.84 Å². The van der Waals surface area contributed by atoms with Crippen LogP contribution >= 0.6 is 11.3 Å². The number of hydrogen-bond donors (Lipinski definition) is 2. The monoisotopic (exact) mass is 295 g/mol. The second-order valence-corrected chi connectivity index (χ2v) is 6.01. The molecule has 0 aliphatic rings. The van der Waals surface area contributed by atoms with E-state index in [-0.39, 0.29) is 18.1 Å². The first kappa shape index (κ1) is 16.7. The van der Waals surface area contributed by atoms with Gasteiger partial charge in [-0.1, -0.05) is 11.8 Å². The Kier molecular flexibility index (Phi) is 6.21. The zero-order valence-electron chi connectivity index (χ0n) is 12.4. The van der Waals surface area contributed by atoms with Gasteiger partial charge in [0.1, 0.15) is 6.61 Å². The lowest BCUT2D eigenvalue weighted by atomic mass is 10.1. The molecule has 2 N–H and O–H groups in total. The Hall–Kier alpha value is -1.35. The summed E-state index contributed by atoms with van der Waals surface area (Å²) in [6.45, 7) is 8.60. The summed E-state index contributed by atoms with van der Waals surface area (Å²) in [5.41, 5.74) is 0.570. The Bertz CT molecular complexity index is 523. The fourth-order valence-electron chi connectivity index (χ4n) is 1.66. The highest BCUT2D eigenvalue weighted by atomic mass is 32.1. The minimum atomic E-state index is -0.379. The van der Waals surface area contributed by atoms with Gasteiger partial charge in [0, 0.05) is 13.2 Å². The highest BCUT2D eigenvalue weighted by Crippen LogP contribution is 2.21. The molecular formula is C15H21NO3S. The fraction of sp³-hybridized carbons (Fsp3) is 0.533. The summed E-state index contributed by atoms with van der Waals surface area (Å²) in [6, 6.07) is 1.81. The van der Waals surface area contributed by atoms with Crippen molar-refractivity contribution >= 4 is 17.2 Å². The van der Waals surface area contributed by atoms with Crippen molar-refractivity contribution in [2.75, 3.05) is 19.8 Å². The smallest absolute Gasteiger partial charge is 0.261 e. The van der Waals surface area contributed by atoms with E-state index in [9.17, 15) is 4.79 Å². The number of hydrogen-bond acceptors (Lipinski definition) is 4. The molecule has 1 heterocycles. The number of aliphatic hydroxyl groups is 1. The van der Waals surface area contributed by atoms with Crippen LogP contribution in [0.5, 0.6) is 0 Å². The molecule has 0 radical (unpaired) electrons. The molecule has 20 heavy (non-hydrogen) atoms. The molecular weight excluding hydrogens is 274 g/mol. The van der Waals surface area contributed by atoms with Crippen molar-refractivity contribution in [3.8, 4) is 11.8 Å². The van der Waals surface area contributed by atoms with Crippen molar-refractivity contribution in [2.45, 2.75) is 33.3 Å². The number of thiophene rings is 1. The lowest BCUT2D eigenvalue weighted by Gasteiger charge is -2.24. The van der Waals surface area contributed by atoms with Crippen LogP contribution in [0.1, 0.15) is 40.9 Å². The molecule has 4 nitrogen and oxygen atoms in total. The summed E-state index contributed by atoms with van der Waals surface area (Å²) in [5, 5.41) is 11.6. The summed E-state index contributed by atoms with van der Waals surface area (Å²) in [4.78, 5) is 13.5. The molecule has 0 fully saturated rings. The number of ether oxygens (including phenoxy) is 1. The molecule has 0 aliphatic heterocycles. The minimum Gasteiger partial charge on any atom is -0.384 e. The maximum absolute atomic E-state index is 12.1. The van der Waals surface area contributed by atoms with Crippen molar-refractivity contribution in [3.63, 3.8) is 0 Å². The Morgan fingerprint density at radius 3 is 2.85 bits per heavy atom. The van der Waals surface area contributed by atoms with E-state index in [1.807, 2.05) is 33.8 Å². The van der Waals surface area contributed by atoms with Crippen molar-refractivity contribution < 1.29 is 14.6 Å². The van der Waals surface area contributed by atoms with Gasteiger partial charge in [-0.3, -0.25) is 4.79 Å². The number of aliphatic hydroxyl groups excluding tert-OH is 1. The molecule has 1 amide bonds. The van der Waals surface area contributed by atoms with Crippen LogP contribution in [-0.4, -0.2) is 36.4 Å². The lowest BCUT2D eigenvalue weighted by Crippen LogP contribution is -2.40. The van der Waals surface area contributed by atoms with E-state index in [1.165, 1.54) is 11.3 Å². The molecule has 0 saturated carbocycles. The standard InChI is InChI=1S/C15H21NO3S/c1-5-19-15(3,4)10-16-14(18)13-9-11(2)12(20-13)7-6-8-17/h9,17H,5,8,10H2,1-4H3,(H,16,18). The van der Waals surface area contributed by atoms with Crippen molar-refractivity contribution in [3.05, 3.63) is 21.4 Å². The van der Waals surface area contributed by atoms with E-state index < -0.39 is 0 Å². The van der Waals surface area contributed by atoms with E-state index in [1.54, 1.807) is 0 Å². The van der Waals surface area contributed by atoms with E-state index in [0.29, 0.717) is 18.0 Å². The van der Waals surface area contributed by atoms with Gasteiger partial charge in [0.05, 0.1) is 15.4 Å². The summed E-state index contributed by atoms with van der Waals surface area (Å²) in [7, 11) is 0. The minimum absolute atomic E-state index is 0.122. The highest BCUT2D eigenvalue weighted by molar-refractivity contribution is 7.14. The maximum Gasteiger partial charge on any atom is 0.261 e. The Morgan fingerprint density at radius 1 is 1.55 bits per heavy atom. The molecule has 0 bridgehead atoms. The fourth-order valence-corrected chi connectivity index (χ4v) is 2.62. The van der Waals surface area contributed by atoms with Crippen LogP contribution in [0.3, 0.4) is 0 Å². The number of carbonyl (C=O) groups is 1. The molecule has 0 aromatic carbocycles.